The second-order valence-corrected chi connectivity index (χ2v) is 5.24. The van der Waals surface area contributed by atoms with Crippen LogP contribution in [0.5, 0.6) is 0 Å². The Hall–Kier alpha value is -2.27. The van der Waals surface area contributed by atoms with E-state index >= 15 is 0 Å². The summed E-state index contributed by atoms with van der Waals surface area (Å²) < 4.78 is 7.08. The Morgan fingerprint density at radius 1 is 1.57 bits per heavy atom. The number of carbonyl (C=O) groups excluding carboxylic acids is 1. The number of carbonyl (C=O) groups is 1. The van der Waals surface area contributed by atoms with E-state index in [1.807, 2.05) is 30.7 Å². The molecule has 0 saturated heterocycles. The van der Waals surface area contributed by atoms with Gasteiger partial charge in [0.05, 0.1) is 30.1 Å². The van der Waals surface area contributed by atoms with Crippen LogP contribution in [0.1, 0.15) is 12.2 Å². The van der Waals surface area contributed by atoms with Gasteiger partial charge in [0.15, 0.2) is 11.0 Å². The Labute approximate surface area is 126 Å². The molecule has 0 aliphatic rings. The molecular weight excluding hydrogens is 290 g/mol. The molecule has 1 amide bonds. The largest absolute Gasteiger partial charge is 0.469 e. The third-order valence-electron chi connectivity index (χ3n) is 2.83. The number of nitrogens with zero attached hydrogens (tertiary/aromatic N) is 4. The van der Waals surface area contributed by atoms with E-state index in [0.717, 1.165) is 11.3 Å². The minimum absolute atomic E-state index is 0.126. The molecule has 1 N–H and O–H groups in total. The molecular formula is C13H15N5O2S. The number of amides is 1. The number of aromatic nitrogens is 3. The number of hydrogen-bond acceptors (Lipinski definition) is 6. The summed E-state index contributed by atoms with van der Waals surface area (Å²) >= 11 is 1.30. The summed E-state index contributed by atoms with van der Waals surface area (Å²) in [5.41, 5.74) is 0.885. The van der Waals surface area contributed by atoms with Crippen molar-refractivity contribution in [3.8, 4) is 17.5 Å². The van der Waals surface area contributed by atoms with Gasteiger partial charge in [0.25, 0.3) is 0 Å². The van der Waals surface area contributed by atoms with Gasteiger partial charge < -0.3 is 14.3 Å². The number of hydrogen-bond donors (Lipinski definition) is 1. The van der Waals surface area contributed by atoms with E-state index < -0.39 is 0 Å². The zero-order valence-electron chi connectivity index (χ0n) is 11.8. The van der Waals surface area contributed by atoms with Crippen LogP contribution in [0.3, 0.4) is 0 Å². The maximum absolute atomic E-state index is 11.6. The lowest BCUT2D eigenvalue weighted by molar-refractivity contribution is -0.118. The summed E-state index contributed by atoms with van der Waals surface area (Å²) in [6.07, 6.45) is 1.92. The Morgan fingerprint density at radius 2 is 2.38 bits per heavy atom. The molecule has 0 unspecified atom stereocenters. The van der Waals surface area contributed by atoms with E-state index in [-0.39, 0.29) is 11.7 Å². The Morgan fingerprint density at radius 3 is 3.05 bits per heavy atom. The van der Waals surface area contributed by atoms with Gasteiger partial charge >= 0.3 is 0 Å². The van der Waals surface area contributed by atoms with Crippen LogP contribution in [0.2, 0.25) is 0 Å². The van der Waals surface area contributed by atoms with Crippen LogP contribution >= 0.6 is 11.8 Å². The maximum atomic E-state index is 11.6. The first-order valence-corrected chi connectivity index (χ1v) is 7.32. The smallest absolute Gasteiger partial charge is 0.230 e. The Bertz CT molecular complexity index is 670. The molecule has 0 fully saturated rings. The predicted octanol–water partition coefficient (Wildman–Crippen LogP) is 1.51. The summed E-state index contributed by atoms with van der Waals surface area (Å²) in [7, 11) is 1.84. The van der Waals surface area contributed by atoms with Crippen molar-refractivity contribution in [2.45, 2.75) is 18.5 Å². The Kier molecular flexibility index (Phi) is 5.00. The number of thioether (sulfide) groups is 1. The van der Waals surface area contributed by atoms with E-state index in [2.05, 4.69) is 15.5 Å². The summed E-state index contributed by atoms with van der Waals surface area (Å²) in [6, 6.07) is 3.81. The normalized spacial score (nSPS) is 10.3. The van der Waals surface area contributed by atoms with Crippen molar-refractivity contribution in [3.05, 3.63) is 18.1 Å². The molecule has 0 aliphatic carbocycles. The van der Waals surface area contributed by atoms with Crippen molar-refractivity contribution < 1.29 is 9.21 Å². The zero-order valence-corrected chi connectivity index (χ0v) is 12.6. The van der Waals surface area contributed by atoms with E-state index in [9.17, 15) is 4.79 Å². The molecule has 0 radical (unpaired) electrons. The van der Waals surface area contributed by atoms with E-state index in [1.54, 1.807) is 6.26 Å². The summed E-state index contributed by atoms with van der Waals surface area (Å²) in [4.78, 5) is 11.6. The van der Waals surface area contributed by atoms with Crippen molar-refractivity contribution in [1.82, 2.24) is 20.1 Å². The van der Waals surface area contributed by atoms with Gasteiger partial charge in [-0.05, 0) is 13.0 Å². The fourth-order valence-corrected chi connectivity index (χ4v) is 2.47. The lowest BCUT2D eigenvalue weighted by Gasteiger charge is -2.03. The number of furan rings is 1. The fourth-order valence-electron chi connectivity index (χ4n) is 1.73. The highest BCUT2D eigenvalue weighted by atomic mass is 32.2. The van der Waals surface area contributed by atoms with Crippen LogP contribution in [0, 0.1) is 18.3 Å². The number of nitriles is 1. The highest BCUT2D eigenvalue weighted by Crippen LogP contribution is 2.25. The molecule has 21 heavy (non-hydrogen) atoms. The van der Waals surface area contributed by atoms with Gasteiger partial charge in [0, 0.05) is 13.6 Å². The lowest BCUT2D eigenvalue weighted by atomic mass is 10.2. The standard InChI is InChI=1S/C13H15N5O2S/c1-9-10(4-7-20-9)12-16-17-13(18(12)2)21-8-11(19)15-6-3-5-14/h4,7H,3,6,8H2,1-2H3,(H,15,19). The van der Waals surface area contributed by atoms with Gasteiger partial charge in [-0.25, -0.2) is 0 Å². The molecule has 8 heteroatoms. The van der Waals surface area contributed by atoms with E-state index in [4.69, 9.17) is 9.68 Å². The van der Waals surface area contributed by atoms with E-state index in [0.29, 0.717) is 23.9 Å². The minimum atomic E-state index is -0.126. The molecule has 0 bridgehead atoms. The molecule has 2 aromatic rings. The topological polar surface area (TPSA) is 96.7 Å². The third kappa shape index (κ3) is 3.64. The monoisotopic (exact) mass is 305 g/mol. The molecule has 0 spiro atoms. The fraction of sp³-hybridized carbons (Fsp3) is 0.385. The van der Waals surface area contributed by atoms with Crippen molar-refractivity contribution in [3.63, 3.8) is 0 Å². The molecule has 0 saturated carbocycles. The zero-order chi connectivity index (χ0) is 15.2. The molecule has 0 aromatic carbocycles. The molecule has 110 valence electrons. The van der Waals surface area contributed by atoms with Crippen molar-refractivity contribution in [2.24, 2.45) is 7.05 Å². The number of nitrogens with one attached hydrogen (secondary N) is 1. The van der Waals surface area contributed by atoms with Gasteiger partial charge in [0.1, 0.15) is 5.76 Å². The van der Waals surface area contributed by atoms with Gasteiger partial charge in [0.2, 0.25) is 5.91 Å². The molecule has 0 atom stereocenters. The second-order valence-electron chi connectivity index (χ2n) is 4.30. The Balaban J connectivity index is 1.97. The average Bonchev–Trinajstić information content (AvgIpc) is 3.03. The average molecular weight is 305 g/mol. The lowest BCUT2D eigenvalue weighted by Crippen LogP contribution is -2.26. The summed E-state index contributed by atoms with van der Waals surface area (Å²) in [5.74, 6) is 1.59. The molecule has 7 nitrogen and oxygen atoms in total. The first-order valence-electron chi connectivity index (χ1n) is 6.33. The molecule has 2 rings (SSSR count). The highest BCUT2D eigenvalue weighted by molar-refractivity contribution is 7.99. The maximum Gasteiger partial charge on any atom is 0.230 e. The third-order valence-corrected chi connectivity index (χ3v) is 3.85. The number of rotatable bonds is 6. The molecule has 2 aromatic heterocycles. The van der Waals surface area contributed by atoms with Crippen LogP contribution < -0.4 is 5.32 Å². The van der Waals surface area contributed by atoms with Gasteiger partial charge in [-0.15, -0.1) is 10.2 Å². The van der Waals surface area contributed by atoms with Gasteiger partial charge in [-0.1, -0.05) is 11.8 Å². The van der Waals surface area contributed by atoms with Gasteiger partial charge in [-0.3, -0.25) is 4.79 Å². The number of aryl methyl sites for hydroxylation is 1. The van der Waals surface area contributed by atoms with Crippen LogP contribution in [0.4, 0.5) is 0 Å². The minimum Gasteiger partial charge on any atom is -0.469 e. The van der Waals surface area contributed by atoms with Crippen molar-refractivity contribution in [1.29, 1.82) is 5.26 Å². The van der Waals surface area contributed by atoms with Crippen LogP contribution in [0.25, 0.3) is 11.4 Å². The van der Waals surface area contributed by atoms with Crippen LogP contribution in [0.15, 0.2) is 21.9 Å². The van der Waals surface area contributed by atoms with Gasteiger partial charge in [-0.2, -0.15) is 5.26 Å². The van der Waals surface area contributed by atoms with E-state index in [1.165, 1.54) is 11.8 Å². The second kappa shape index (κ2) is 6.95. The summed E-state index contributed by atoms with van der Waals surface area (Å²) in [5, 5.41) is 19.9. The SMILES string of the molecule is Cc1occc1-c1nnc(SCC(=O)NCCC#N)n1C. The summed E-state index contributed by atoms with van der Waals surface area (Å²) in [6.45, 7) is 2.23. The first kappa shape index (κ1) is 15.1. The molecule has 2 heterocycles. The van der Waals surface area contributed by atoms with Crippen molar-refractivity contribution in [2.75, 3.05) is 12.3 Å². The highest BCUT2D eigenvalue weighted by Gasteiger charge is 2.15. The van der Waals surface area contributed by atoms with Crippen LogP contribution in [-0.4, -0.2) is 33.0 Å². The quantitative estimate of drug-likeness (QED) is 0.642. The molecule has 0 aliphatic heterocycles. The van der Waals surface area contributed by atoms with Crippen LogP contribution in [-0.2, 0) is 11.8 Å². The van der Waals surface area contributed by atoms with Crippen molar-refractivity contribution >= 4 is 17.7 Å². The first-order chi connectivity index (χ1) is 10.1. The predicted molar refractivity (Wildman–Crippen MR) is 77.4 cm³/mol.